The number of aromatic amines is 1. The average molecular weight is 429 g/mol. The van der Waals surface area contributed by atoms with Gasteiger partial charge in [0.15, 0.2) is 0 Å². The second kappa shape index (κ2) is 6.60. The Balaban J connectivity index is 1.39. The van der Waals surface area contributed by atoms with Crippen LogP contribution in [0.25, 0.3) is 21.8 Å². The molecule has 6 heteroatoms. The van der Waals surface area contributed by atoms with Crippen LogP contribution in [0.1, 0.15) is 16.7 Å². The summed E-state index contributed by atoms with van der Waals surface area (Å²) in [4.78, 5) is 6.21. The zero-order chi connectivity index (χ0) is 17.7. The van der Waals surface area contributed by atoms with Crippen LogP contribution in [0.5, 0.6) is 0 Å². The fourth-order valence-electron chi connectivity index (χ4n) is 3.99. The van der Waals surface area contributed by atoms with E-state index in [1.165, 1.54) is 45.9 Å². The third-order valence-electron chi connectivity index (χ3n) is 5.48. The summed E-state index contributed by atoms with van der Waals surface area (Å²) < 4.78 is 1.15. The number of piperazine rings is 1. The van der Waals surface area contributed by atoms with E-state index in [-0.39, 0.29) is 0 Å². The van der Waals surface area contributed by atoms with E-state index in [0.717, 1.165) is 35.5 Å². The molecule has 1 fully saturated rings. The number of likely N-dealkylation sites (N-methyl/N-ethyl adjacent to an activating group) is 1. The SMILES string of the molecule is CN1CCN(Cc2ccc3c(c2)Cc2c-3n[nH]c2-c2ccc(Br)s2)CC1. The highest BCUT2D eigenvalue weighted by Gasteiger charge is 2.26. The first-order valence-corrected chi connectivity index (χ1v) is 10.6. The van der Waals surface area contributed by atoms with E-state index in [9.17, 15) is 0 Å². The maximum atomic E-state index is 4.63. The van der Waals surface area contributed by atoms with E-state index in [0.29, 0.717) is 0 Å². The molecule has 4 nitrogen and oxygen atoms in total. The summed E-state index contributed by atoms with van der Waals surface area (Å²) in [5, 5.41) is 7.89. The fourth-order valence-corrected chi connectivity index (χ4v) is 5.40. The summed E-state index contributed by atoms with van der Waals surface area (Å²) >= 11 is 5.32. The number of nitrogens with one attached hydrogen (secondary N) is 1. The Labute approximate surface area is 166 Å². The van der Waals surface area contributed by atoms with Gasteiger partial charge in [0.05, 0.1) is 20.1 Å². The van der Waals surface area contributed by atoms with Gasteiger partial charge in [-0.25, -0.2) is 0 Å². The van der Waals surface area contributed by atoms with Gasteiger partial charge in [0.1, 0.15) is 0 Å². The molecule has 2 aromatic heterocycles. The number of hydrogen-bond acceptors (Lipinski definition) is 4. The number of hydrogen-bond donors (Lipinski definition) is 1. The maximum Gasteiger partial charge on any atom is 0.0965 e. The Hall–Kier alpha value is -1.47. The molecular weight excluding hydrogens is 408 g/mol. The predicted molar refractivity (Wildman–Crippen MR) is 111 cm³/mol. The van der Waals surface area contributed by atoms with Gasteiger partial charge in [-0.1, -0.05) is 18.2 Å². The Morgan fingerprint density at radius 2 is 2.00 bits per heavy atom. The molecule has 0 spiro atoms. The lowest BCUT2D eigenvalue weighted by Crippen LogP contribution is -2.43. The highest BCUT2D eigenvalue weighted by molar-refractivity contribution is 9.11. The van der Waals surface area contributed by atoms with Crippen LogP contribution in [-0.2, 0) is 13.0 Å². The first-order valence-electron chi connectivity index (χ1n) is 9.03. The first kappa shape index (κ1) is 16.7. The van der Waals surface area contributed by atoms with Crippen LogP contribution in [0.3, 0.4) is 0 Å². The maximum absolute atomic E-state index is 4.63. The molecule has 0 amide bonds. The molecule has 1 saturated heterocycles. The van der Waals surface area contributed by atoms with Crippen molar-refractivity contribution in [3.63, 3.8) is 0 Å². The molecule has 1 N–H and O–H groups in total. The van der Waals surface area contributed by atoms with Crippen LogP contribution in [0.4, 0.5) is 0 Å². The molecule has 1 aromatic carbocycles. The van der Waals surface area contributed by atoms with Gasteiger partial charge < -0.3 is 4.90 Å². The third-order valence-corrected chi connectivity index (χ3v) is 7.12. The monoisotopic (exact) mass is 428 g/mol. The van der Waals surface area contributed by atoms with Crippen molar-refractivity contribution in [2.24, 2.45) is 0 Å². The van der Waals surface area contributed by atoms with Crippen molar-refractivity contribution in [2.75, 3.05) is 33.2 Å². The van der Waals surface area contributed by atoms with Gasteiger partial charge in [0.25, 0.3) is 0 Å². The van der Waals surface area contributed by atoms with Crippen molar-refractivity contribution in [2.45, 2.75) is 13.0 Å². The molecule has 0 atom stereocenters. The quantitative estimate of drug-likeness (QED) is 0.530. The second-order valence-corrected chi connectivity index (χ2v) is 9.74. The molecule has 0 bridgehead atoms. The molecule has 2 aliphatic rings. The molecule has 5 rings (SSSR count). The van der Waals surface area contributed by atoms with Crippen LogP contribution in [0, 0.1) is 0 Å². The molecule has 0 unspecified atom stereocenters. The average Bonchev–Trinajstić information content (AvgIpc) is 3.31. The normalized spacial score (nSPS) is 17.5. The summed E-state index contributed by atoms with van der Waals surface area (Å²) in [6, 6.07) is 11.2. The summed E-state index contributed by atoms with van der Waals surface area (Å²) in [5.41, 5.74) is 7.77. The van der Waals surface area contributed by atoms with Crippen molar-refractivity contribution < 1.29 is 0 Å². The first-order chi connectivity index (χ1) is 12.7. The number of halogens is 1. The van der Waals surface area contributed by atoms with Crippen LogP contribution in [0.15, 0.2) is 34.1 Å². The van der Waals surface area contributed by atoms with Crippen LogP contribution in [-0.4, -0.2) is 53.2 Å². The number of aromatic nitrogens is 2. The molecule has 134 valence electrons. The number of H-pyrrole nitrogens is 1. The van der Waals surface area contributed by atoms with E-state index in [1.807, 2.05) is 0 Å². The zero-order valence-corrected chi connectivity index (χ0v) is 17.2. The van der Waals surface area contributed by atoms with E-state index in [4.69, 9.17) is 0 Å². The van der Waals surface area contributed by atoms with Gasteiger partial charge in [0.2, 0.25) is 0 Å². The molecule has 26 heavy (non-hydrogen) atoms. The molecule has 3 heterocycles. The topological polar surface area (TPSA) is 35.2 Å². The zero-order valence-electron chi connectivity index (χ0n) is 14.8. The summed E-state index contributed by atoms with van der Waals surface area (Å²) in [6.45, 7) is 5.70. The van der Waals surface area contributed by atoms with E-state index < -0.39 is 0 Å². The van der Waals surface area contributed by atoms with Gasteiger partial charge >= 0.3 is 0 Å². The van der Waals surface area contributed by atoms with Crippen LogP contribution in [0.2, 0.25) is 0 Å². The minimum atomic E-state index is 0.975. The second-order valence-electron chi connectivity index (χ2n) is 7.28. The van der Waals surface area contributed by atoms with Gasteiger partial charge in [-0.15, -0.1) is 11.3 Å². The Kier molecular flexibility index (Phi) is 4.24. The van der Waals surface area contributed by atoms with Crippen LogP contribution < -0.4 is 0 Å². The van der Waals surface area contributed by atoms with Crippen molar-refractivity contribution >= 4 is 27.3 Å². The molecule has 1 aliphatic heterocycles. The molecule has 1 aliphatic carbocycles. The molecule has 3 aromatic rings. The van der Waals surface area contributed by atoms with Crippen molar-refractivity contribution in [3.8, 4) is 21.8 Å². The smallest absolute Gasteiger partial charge is 0.0965 e. The number of benzene rings is 1. The van der Waals surface area contributed by atoms with Crippen molar-refractivity contribution in [3.05, 3.63) is 50.8 Å². The van der Waals surface area contributed by atoms with E-state index in [1.54, 1.807) is 11.3 Å². The van der Waals surface area contributed by atoms with E-state index >= 15 is 0 Å². The number of fused-ring (bicyclic) bond motifs is 3. The predicted octanol–water partition coefficient (Wildman–Crippen LogP) is 4.22. The standard InChI is InChI=1S/C20H21BrN4S/c1-24-6-8-25(9-7-24)12-13-2-3-15-14(10-13)11-16-19(15)22-23-20(16)17-4-5-18(21)26-17/h2-5,10H,6-9,11-12H2,1H3,(H,22,23). The Bertz CT molecular complexity index is 953. The van der Waals surface area contributed by atoms with Crippen LogP contribution >= 0.6 is 27.3 Å². The minimum Gasteiger partial charge on any atom is -0.304 e. The minimum absolute atomic E-state index is 0.975. The van der Waals surface area contributed by atoms with Crippen molar-refractivity contribution in [1.82, 2.24) is 20.0 Å². The Morgan fingerprint density at radius 3 is 2.77 bits per heavy atom. The lowest BCUT2D eigenvalue weighted by Gasteiger charge is -2.32. The Morgan fingerprint density at radius 1 is 1.15 bits per heavy atom. The number of nitrogens with zero attached hydrogens (tertiary/aromatic N) is 3. The van der Waals surface area contributed by atoms with Gasteiger partial charge in [-0.2, -0.15) is 5.10 Å². The summed E-state index contributed by atoms with van der Waals surface area (Å²) in [7, 11) is 2.21. The summed E-state index contributed by atoms with van der Waals surface area (Å²) in [5.74, 6) is 0. The third kappa shape index (κ3) is 2.95. The van der Waals surface area contributed by atoms with Gasteiger partial charge in [-0.3, -0.25) is 10.00 Å². The lowest BCUT2D eigenvalue weighted by atomic mass is 10.0. The van der Waals surface area contributed by atoms with Gasteiger partial charge in [0, 0.05) is 50.3 Å². The highest BCUT2D eigenvalue weighted by atomic mass is 79.9. The molecule has 0 radical (unpaired) electrons. The summed E-state index contributed by atoms with van der Waals surface area (Å²) in [6.07, 6.45) is 0.975. The number of thiophene rings is 1. The lowest BCUT2D eigenvalue weighted by molar-refractivity contribution is 0.148. The fraction of sp³-hybridized carbons (Fsp3) is 0.350. The highest BCUT2D eigenvalue weighted by Crippen LogP contribution is 2.42. The molecule has 0 saturated carbocycles. The van der Waals surface area contributed by atoms with E-state index in [2.05, 4.69) is 73.3 Å². The molecular formula is C20H21BrN4S. The van der Waals surface area contributed by atoms with Gasteiger partial charge in [-0.05, 0) is 46.2 Å². The largest absolute Gasteiger partial charge is 0.304 e. The van der Waals surface area contributed by atoms with Crippen molar-refractivity contribution in [1.29, 1.82) is 0 Å². The number of rotatable bonds is 3.